The van der Waals surface area contributed by atoms with Crippen molar-refractivity contribution < 1.29 is 9.59 Å². The van der Waals surface area contributed by atoms with Crippen molar-refractivity contribution in [2.75, 3.05) is 13.1 Å². The summed E-state index contributed by atoms with van der Waals surface area (Å²) < 4.78 is 0. The largest absolute Gasteiger partial charge is 0.353 e. The summed E-state index contributed by atoms with van der Waals surface area (Å²) in [6.07, 6.45) is 14.4. The quantitative estimate of drug-likeness (QED) is 0.857. The number of likely N-dealkylation sites (tertiary alicyclic amines) is 1. The van der Waals surface area contributed by atoms with Crippen LogP contribution in [-0.4, -0.2) is 40.8 Å². The second-order valence-electron chi connectivity index (χ2n) is 7.09. The average Bonchev–Trinajstić information content (AvgIpc) is 2.68. The molecule has 1 aromatic heterocycles. The van der Waals surface area contributed by atoms with Crippen molar-refractivity contribution in [1.29, 1.82) is 0 Å². The van der Waals surface area contributed by atoms with Gasteiger partial charge < -0.3 is 10.2 Å². The predicted octanol–water partition coefficient (Wildman–Crippen LogP) is 2.78. The van der Waals surface area contributed by atoms with Gasteiger partial charge >= 0.3 is 0 Å². The molecule has 1 N–H and O–H groups in total. The molecule has 1 aromatic rings. The molecular weight excluding hydrogens is 314 g/mol. The fraction of sp³-hybridized carbons (Fsp3) is 0.550. The van der Waals surface area contributed by atoms with Gasteiger partial charge in [0, 0.05) is 37.6 Å². The van der Waals surface area contributed by atoms with Crippen LogP contribution in [0.1, 0.15) is 50.5 Å². The third-order valence-electron chi connectivity index (χ3n) is 5.16. The van der Waals surface area contributed by atoms with E-state index in [-0.39, 0.29) is 17.7 Å². The van der Waals surface area contributed by atoms with Gasteiger partial charge in [0.1, 0.15) is 0 Å². The molecule has 25 heavy (non-hydrogen) atoms. The molecule has 2 heterocycles. The third kappa shape index (κ3) is 5.15. The number of carbonyl (C=O) groups is 2. The lowest BCUT2D eigenvalue weighted by atomic mass is 9.93. The molecule has 0 radical (unpaired) electrons. The Hall–Kier alpha value is -2.17. The van der Waals surface area contributed by atoms with E-state index in [1.54, 1.807) is 29.4 Å². The van der Waals surface area contributed by atoms with E-state index in [1.165, 1.54) is 19.3 Å². The first kappa shape index (κ1) is 17.6. The molecule has 3 rings (SSSR count). The monoisotopic (exact) mass is 341 g/mol. The Morgan fingerprint density at radius 2 is 2.00 bits per heavy atom. The lowest BCUT2D eigenvalue weighted by molar-refractivity contribution is -0.132. The number of amides is 2. The Morgan fingerprint density at radius 3 is 2.76 bits per heavy atom. The van der Waals surface area contributed by atoms with Gasteiger partial charge in [-0.05, 0) is 43.4 Å². The second-order valence-corrected chi connectivity index (χ2v) is 7.09. The molecule has 2 aliphatic rings. The van der Waals surface area contributed by atoms with Crippen LogP contribution < -0.4 is 5.32 Å². The van der Waals surface area contributed by atoms with Gasteiger partial charge in [0.15, 0.2) is 0 Å². The minimum absolute atomic E-state index is 0.0287. The zero-order valence-corrected chi connectivity index (χ0v) is 14.7. The number of aromatic nitrogens is 1. The molecular formula is C20H27N3O2. The van der Waals surface area contributed by atoms with Crippen LogP contribution in [0.25, 0.3) is 6.08 Å². The fourth-order valence-corrected chi connectivity index (χ4v) is 3.70. The summed E-state index contributed by atoms with van der Waals surface area (Å²) in [6, 6.07) is 4.09. The topological polar surface area (TPSA) is 62.3 Å². The van der Waals surface area contributed by atoms with Gasteiger partial charge in [-0.2, -0.15) is 0 Å². The summed E-state index contributed by atoms with van der Waals surface area (Å²) in [5, 5.41) is 3.20. The van der Waals surface area contributed by atoms with Crippen molar-refractivity contribution in [2.24, 2.45) is 5.92 Å². The molecule has 0 spiro atoms. The first-order valence-electron chi connectivity index (χ1n) is 9.40. The Kier molecular flexibility index (Phi) is 6.20. The lowest BCUT2D eigenvalue weighted by Gasteiger charge is -2.33. The molecule has 0 bridgehead atoms. The zero-order valence-electron chi connectivity index (χ0n) is 14.7. The highest BCUT2D eigenvalue weighted by molar-refractivity contribution is 5.92. The molecule has 1 saturated heterocycles. The van der Waals surface area contributed by atoms with Crippen molar-refractivity contribution in [3.8, 4) is 0 Å². The van der Waals surface area contributed by atoms with Crippen LogP contribution in [0.2, 0.25) is 0 Å². The normalized spacial score (nSPS) is 22.1. The van der Waals surface area contributed by atoms with Gasteiger partial charge in [0.25, 0.3) is 0 Å². The molecule has 5 nitrogen and oxygen atoms in total. The minimum atomic E-state index is -0.0774. The predicted molar refractivity (Wildman–Crippen MR) is 97.6 cm³/mol. The second kappa shape index (κ2) is 8.79. The molecule has 0 aromatic carbocycles. The van der Waals surface area contributed by atoms with E-state index < -0.39 is 0 Å². The minimum Gasteiger partial charge on any atom is -0.353 e. The van der Waals surface area contributed by atoms with E-state index in [0.717, 1.165) is 37.8 Å². The van der Waals surface area contributed by atoms with E-state index in [4.69, 9.17) is 0 Å². The first-order valence-corrected chi connectivity index (χ1v) is 9.40. The van der Waals surface area contributed by atoms with Gasteiger partial charge in [-0.3, -0.25) is 14.6 Å². The van der Waals surface area contributed by atoms with Crippen LogP contribution in [0.15, 0.2) is 30.6 Å². The highest BCUT2D eigenvalue weighted by atomic mass is 16.2. The van der Waals surface area contributed by atoms with Crippen LogP contribution >= 0.6 is 0 Å². The van der Waals surface area contributed by atoms with Crippen LogP contribution in [0.5, 0.6) is 0 Å². The van der Waals surface area contributed by atoms with Gasteiger partial charge in [0.05, 0.1) is 5.92 Å². The van der Waals surface area contributed by atoms with Gasteiger partial charge in [-0.1, -0.05) is 25.3 Å². The summed E-state index contributed by atoms with van der Waals surface area (Å²) >= 11 is 0. The maximum Gasteiger partial charge on any atom is 0.246 e. The molecule has 1 aliphatic carbocycles. The van der Waals surface area contributed by atoms with Crippen molar-refractivity contribution in [1.82, 2.24) is 15.2 Å². The molecule has 1 saturated carbocycles. The molecule has 1 atom stereocenters. The molecule has 5 heteroatoms. The van der Waals surface area contributed by atoms with E-state index in [0.29, 0.717) is 12.6 Å². The number of nitrogens with zero attached hydrogens (tertiary/aromatic N) is 2. The Balaban J connectivity index is 1.52. The highest BCUT2D eigenvalue weighted by Gasteiger charge is 2.29. The van der Waals surface area contributed by atoms with Crippen molar-refractivity contribution in [3.05, 3.63) is 36.2 Å². The van der Waals surface area contributed by atoms with Crippen LogP contribution in [0.4, 0.5) is 0 Å². The van der Waals surface area contributed by atoms with Gasteiger partial charge in [-0.25, -0.2) is 0 Å². The van der Waals surface area contributed by atoms with Crippen molar-refractivity contribution >= 4 is 17.9 Å². The smallest absolute Gasteiger partial charge is 0.246 e. The van der Waals surface area contributed by atoms with E-state index in [1.807, 2.05) is 12.1 Å². The van der Waals surface area contributed by atoms with Crippen molar-refractivity contribution in [2.45, 2.75) is 51.0 Å². The maximum atomic E-state index is 12.5. The number of nitrogens with one attached hydrogen (secondary N) is 1. The van der Waals surface area contributed by atoms with E-state index in [9.17, 15) is 9.59 Å². The summed E-state index contributed by atoms with van der Waals surface area (Å²) in [7, 11) is 0. The van der Waals surface area contributed by atoms with Crippen LogP contribution in [0, 0.1) is 5.92 Å². The number of hydrogen-bond acceptors (Lipinski definition) is 3. The Bertz CT molecular complexity index is 609. The van der Waals surface area contributed by atoms with Crippen LogP contribution in [0.3, 0.4) is 0 Å². The summed E-state index contributed by atoms with van der Waals surface area (Å²) in [5.74, 6) is 0.0195. The molecule has 134 valence electrons. The Morgan fingerprint density at radius 1 is 1.16 bits per heavy atom. The molecule has 2 amide bonds. The summed E-state index contributed by atoms with van der Waals surface area (Å²) in [4.78, 5) is 30.8. The zero-order chi connectivity index (χ0) is 17.5. The highest BCUT2D eigenvalue weighted by Crippen LogP contribution is 2.21. The third-order valence-corrected chi connectivity index (χ3v) is 5.16. The van der Waals surface area contributed by atoms with Crippen LogP contribution in [-0.2, 0) is 9.59 Å². The SMILES string of the molecule is O=C(NC1CCCCC1)C1CCCN(C(=O)C=Cc2cccnc2)C1. The molecule has 1 aliphatic heterocycles. The van der Waals surface area contributed by atoms with E-state index in [2.05, 4.69) is 10.3 Å². The molecule has 2 fully saturated rings. The lowest BCUT2D eigenvalue weighted by Crippen LogP contribution is -2.47. The van der Waals surface area contributed by atoms with Crippen molar-refractivity contribution in [3.63, 3.8) is 0 Å². The number of carbonyl (C=O) groups excluding carboxylic acids is 2. The first-order chi connectivity index (χ1) is 12.2. The summed E-state index contributed by atoms with van der Waals surface area (Å²) in [6.45, 7) is 1.25. The number of hydrogen-bond donors (Lipinski definition) is 1. The Labute approximate surface area is 149 Å². The summed E-state index contributed by atoms with van der Waals surface area (Å²) in [5.41, 5.74) is 0.902. The van der Waals surface area contributed by atoms with Gasteiger partial charge in [0.2, 0.25) is 11.8 Å². The number of piperidine rings is 1. The fourth-order valence-electron chi connectivity index (χ4n) is 3.70. The van der Waals surface area contributed by atoms with E-state index >= 15 is 0 Å². The van der Waals surface area contributed by atoms with Gasteiger partial charge in [-0.15, -0.1) is 0 Å². The number of rotatable bonds is 4. The standard InChI is InChI=1S/C20H27N3O2/c24-19(11-10-16-6-4-12-21-14-16)23-13-5-7-17(15-23)20(25)22-18-8-2-1-3-9-18/h4,6,10-12,14,17-18H,1-3,5,7-9,13,15H2,(H,22,25). The average molecular weight is 341 g/mol. The molecule has 1 unspecified atom stereocenters. The number of pyridine rings is 1. The maximum absolute atomic E-state index is 12.5.